The number of ether oxygens (including phenoxy) is 1. The number of methoxy groups -OCH3 is 1. The molecule has 0 amide bonds. The van der Waals surface area contributed by atoms with Crippen LogP contribution in [0.1, 0.15) is 22.3 Å². The van der Waals surface area contributed by atoms with Crippen LogP contribution in [-0.4, -0.2) is 24.7 Å². The van der Waals surface area contributed by atoms with Gasteiger partial charge in [-0.1, -0.05) is 22.0 Å². The number of Topliss-reactive ketones (excluding diaryl/α,β-unsaturated/α-hetero) is 1. The van der Waals surface area contributed by atoms with Crippen LogP contribution in [0, 0.1) is 0 Å². The van der Waals surface area contributed by atoms with E-state index in [9.17, 15) is 9.59 Å². The molecular formula is C12H12BrClO3. The maximum atomic E-state index is 11.8. The maximum Gasteiger partial charge on any atom is 0.310 e. The molecule has 0 aliphatic rings. The highest BCUT2D eigenvalue weighted by molar-refractivity contribution is 9.10. The molecule has 0 saturated heterocycles. The van der Waals surface area contributed by atoms with Crippen molar-refractivity contribution < 1.29 is 14.3 Å². The fourth-order valence-electron chi connectivity index (χ4n) is 1.41. The Morgan fingerprint density at radius 2 is 2.12 bits per heavy atom. The minimum absolute atomic E-state index is 0.0693. The molecule has 1 aromatic rings. The Kier molecular flexibility index (Phi) is 5.65. The molecule has 0 bridgehead atoms. The minimum atomic E-state index is -0.368. The van der Waals surface area contributed by atoms with Crippen molar-refractivity contribution in [3.63, 3.8) is 0 Å². The zero-order chi connectivity index (χ0) is 12.8. The number of carbonyl (C=O) groups is 2. The first-order valence-electron chi connectivity index (χ1n) is 5.03. The van der Waals surface area contributed by atoms with Gasteiger partial charge in [-0.05, 0) is 17.7 Å². The summed E-state index contributed by atoms with van der Waals surface area (Å²) in [6.45, 7) is 0. The first-order chi connectivity index (χ1) is 8.08. The van der Waals surface area contributed by atoms with Crippen LogP contribution in [0.5, 0.6) is 0 Å². The highest BCUT2D eigenvalue weighted by atomic mass is 79.9. The smallest absolute Gasteiger partial charge is 0.310 e. The van der Waals surface area contributed by atoms with Gasteiger partial charge in [-0.2, -0.15) is 0 Å². The van der Waals surface area contributed by atoms with Gasteiger partial charge in [0.05, 0.1) is 13.5 Å². The second-order valence-electron chi connectivity index (χ2n) is 3.42. The lowest BCUT2D eigenvalue weighted by Crippen LogP contribution is -2.10. The van der Waals surface area contributed by atoms with E-state index in [-0.39, 0.29) is 30.5 Å². The van der Waals surface area contributed by atoms with E-state index in [0.717, 1.165) is 4.47 Å². The van der Waals surface area contributed by atoms with E-state index in [4.69, 9.17) is 11.6 Å². The molecule has 0 aromatic heterocycles. The van der Waals surface area contributed by atoms with Crippen LogP contribution in [0.15, 0.2) is 22.7 Å². The summed E-state index contributed by atoms with van der Waals surface area (Å²) >= 11 is 8.84. The second-order valence-corrected chi connectivity index (χ2v) is 4.71. The molecule has 0 spiro atoms. The molecule has 0 saturated carbocycles. The number of alkyl halides is 1. The molecule has 0 radical (unpaired) electrons. The van der Waals surface area contributed by atoms with Crippen molar-refractivity contribution in [3.05, 3.63) is 33.8 Å². The van der Waals surface area contributed by atoms with Crippen LogP contribution < -0.4 is 0 Å². The Bertz CT molecular complexity index is 432. The van der Waals surface area contributed by atoms with Gasteiger partial charge in [-0.25, -0.2) is 0 Å². The van der Waals surface area contributed by atoms with Crippen molar-refractivity contribution >= 4 is 39.3 Å². The van der Waals surface area contributed by atoms with Gasteiger partial charge in [-0.15, -0.1) is 11.6 Å². The predicted molar refractivity (Wildman–Crippen MR) is 69.5 cm³/mol. The first kappa shape index (κ1) is 14.2. The lowest BCUT2D eigenvalue weighted by Gasteiger charge is -2.07. The van der Waals surface area contributed by atoms with Crippen molar-refractivity contribution in [3.8, 4) is 0 Å². The van der Waals surface area contributed by atoms with Gasteiger partial charge in [0, 0.05) is 22.3 Å². The third kappa shape index (κ3) is 4.13. The SMILES string of the molecule is COC(=O)Cc1ccc(Br)cc1C(=O)CCCl. The summed E-state index contributed by atoms with van der Waals surface area (Å²) in [5.41, 5.74) is 1.18. The Morgan fingerprint density at radius 1 is 1.41 bits per heavy atom. The summed E-state index contributed by atoms with van der Waals surface area (Å²) < 4.78 is 5.39. The maximum absolute atomic E-state index is 11.8. The third-order valence-electron chi connectivity index (χ3n) is 2.26. The topological polar surface area (TPSA) is 43.4 Å². The predicted octanol–water partition coefficient (Wildman–Crippen LogP) is 2.98. The molecule has 0 fully saturated rings. The molecule has 0 heterocycles. The quantitative estimate of drug-likeness (QED) is 0.476. The number of hydrogen-bond acceptors (Lipinski definition) is 3. The van der Waals surface area contributed by atoms with Crippen LogP contribution in [0.2, 0.25) is 0 Å². The molecule has 3 nitrogen and oxygen atoms in total. The molecule has 0 N–H and O–H groups in total. The highest BCUT2D eigenvalue weighted by Crippen LogP contribution is 2.19. The van der Waals surface area contributed by atoms with E-state index in [0.29, 0.717) is 11.1 Å². The molecular weight excluding hydrogens is 307 g/mol. The fraction of sp³-hybridized carbons (Fsp3) is 0.333. The van der Waals surface area contributed by atoms with E-state index in [1.54, 1.807) is 18.2 Å². The summed E-state index contributed by atoms with van der Waals surface area (Å²) in [6.07, 6.45) is 0.347. The Hall–Kier alpha value is -0.870. The average molecular weight is 320 g/mol. The number of ketones is 1. The molecule has 1 aromatic carbocycles. The molecule has 0 aliphatic heterocycles. The summed E-state index contributed by atoms with van der Waals surface area (Å²) in [5, 5.41) is 0. The molecule has 0 atom stereocenters. The zero-order valence-corrected chi connectivity index (χ0v) is 11.7. The van der Waals surface area contributed by atoms with Gasteiger partial charge >= 0.3 is 5.97 Å². The fourth-order valence-corrected chi connectivity index (χ4v) is 1.94. The van der Waals surface area contributed by atoms with Crippen molar-refractivity contribution in [2.75, 3.05) is 13.0 Å². The summed E-state index contributed by atoms with van der Waals surface area (Å²) in [4.78, 5) is 23.1. The molecule has 1 rings (SSSR count). The summed E-state index contributed by atoms with van der Waals surface area (Å²) in [6, 6.07) is 5.23. The molecule has 0 unspecified atom stereocenters. The highest BCUT2D eigenvalue weighted by Gasteiger charge is 2.14. The normalized spacial score (nSPS) is 10.1. The number of rotatable bonds is 5. The van der Waals surface area contributed by atoms with Crippen molar-refractivity contribution in [1.82, 2.24) is 0 Å². The van der Waals surface area contributed by atoms with E-state index in [1.807, 2.05) is 0 Å². The number of halogens is 2. The van der Waals surface area contributed by atoms with Gasteiger partial charge in [0.15, 0.2) is 5.78 Å². The van der Waals surface area contributed by atoms with E-state index in [1.165, 1.54) is 7.11 Å². The lowest BCUT2D eigenvalue weighted by atomic mass is 10.00. The van der Waals surface area contributed by atoms with Crippen molar-refractivity contribution in [1.29, 1.82) is 0 Å². The number of carbonyl (C=O) groups excluding carboxylic acids is 2. The van der Waals surface area contributed by atoms with Gasteiger partial charge in [0.1, 0.15) is 0 Å². The molecule has 17 heavy (non-hydrogen) atoms. The van der Waals surface area contributed by atoms with Crippen molar-refractivity contribution in [2.24, 2.45) is 0 Å². The van der Waals surface area contributed by atoms with Crippen LogP contribution in [0.3, 0.4) is 0 Å². The van der Waals surface area contributed by atoms with E-state index >= 15 is 0 Å². The molecule has 0 aliphatic carbocycles. The van der Waals surface area contributed by atoms with E-state index < -0.39 is 0 Å². The summed E-state index contributed by atoms with van der Waals surface area (Å²) in [7, 11) is 1.32. The van der Waals surface area contributed by atoms with Gasteiger partial charge in [0.25, 0.3) is 0 Å². The average Bonchev–Trinajstić information content (AvgIpc) is 2.31. The van der Waals surface area contributed by atoms with Gasteiger partial charge in [0.2, 0.25) is 0 Å². The van der Waals surface area contributed by atoms with E-state index in [2.05, 4.69) is 20.7 Å². The Morgan fingerprint density at radius 3 is 2.71 bits per heavy atom. The number of benzene rings is 1. The largest absolute Gasteiger partial charge is 0.469 e. The van der Waals surface area contributed by atoms with Crippen LogP contribution in [0.4, 0.5) is 0 Å². The zero-order valence-electron chi connectivity index (χ0n) is 9.33. The van der Waals surface area contributed by atoms with Gasteiger partial charge < -0.3 is 4.74 Å². The summed E-state index contributed by atoms with van der Waals surface area (Å²) in [5.74, 6) is -0.171. The monoisotopic (exact) mass is 318 g/mol. The Balaban J connectivity index is 3.03. The molecule has 92 valence electrons. The Labute approximate surface area is 113 Å². The van der Waals surface area contributed by atoms with Gasteiger partial charge in [-0.3, -0.25) is 9.59 Å². The standard InChI is InChI=1S/C12H12BrClO3/c1-17-12(16)6-8-2-3-9(13)7-10(8)11(15)4-5-14/h2-3,7H,4-6H2,1H3. The second kappa shape index (κ2) is 6.77. The number of esters is 1. The number of hydrogen-bond donors (Lipinski definition) is 0. The minimum Gasteiger partial charge on any atom is -0.469 e. The lowest BCUT2D eigenvalue weighted by molar-refractivity contribution is -0.139. The van der Waals surface area contributed by atoms with Crippen LogP contribution in [-0.2, 0) is 16.0 Å². The third-order valence-corrected chi connectivity index (χ3v) is 2.94. The van der Waals surface area contributed by atoms with Crippen LogP contribution >= 0.6 is 27.5 Å². The molecule has 5 heteroatoms. The van der Waals surface area contributed by atoms with Crippen LogP contribution in [0.25, 0.3) is 0 Å². The van der Waals surface area contributed by atoms with Crippen molar-refractivity contribution in [2.45, 2.75) is 12.8 Å². The first-order valence-corrected chi connectivity index (χ1v) is 6.35.